The Hall–Kier alpha value is -5.64. The topological polar surface area (TPSA) is 140 Å². The fourth-order valence-electron chi connectivity index (χ4n) is 5.09. The van der Waals surface area contributed by atoms with Crippen molar-refractivity contribution in [3.8, 4) is 17.2 Å². The van der Waals surface area contributed by atoms with Crippen LogP contribution in [0, 0.1) is 0 Å². The van der Waals surface area contributed by atoms with Gasteiger partial charge < -0.3 is 30.0 Å². The molecule has 0 saturated carbocycles. The Morgan fingerprint density at radius 3 is 1.88 bits per heavy atom. The first-order valence-corrected chi connectivity index (χ1v) is 16.9. The van der Waals surface area contributed by atoms with Gasteiger partial charge in [0.1, 0.15) is 23.3 Å². The number of unbranched alkanes of at least 4 members (excludes halogenated alkanes) is 4. The van der Waals surface area contributed by atoms with Crippen LogP contribution < -0.4 is 24.8 Å². The minimum Gasteiger partial charge on any atom is -0.494 e. The van der Waals surface area contributed by atoms with Gasteiger partial charge in [0.15, 0.2) is 0 Å². The number of esters is 1. The summed E-state index contributed by atoms with van der Waals surface area (Å²) in [5.74, 6) is -0.792. The molecule has 0 heterocycles. The van der Waals surface area contributed by atoms with Crippen molar-refractivity contribution in [2.24, 2.45) is 0 Å². The summed E-state index contributed by atoms with van der Waals surface area (Å²) in [4.78, 5) is 50.1. The molecule has 50 heavy (non-hydrogen) atoms. The average molecular weight is 681 g/mol. The predicted molar refractivity (Wildman–Crippen MR) is 191 cm³/mol. The van der Waals surface area contributed by atoms with E-state index in [0.29, 0.717) is 41.5 Å². The number of hydrogen-bond donors (Lipinski definition) is 3. The molecule has 10 heteroatoms. The predicted octanol–water partition coefficient (Wildman–Crippen LogP) is 7.26. The van der Waals surface area contributed by atoms with Crippen molar-refractivity contribution in [1.29, 1.82) is 0 Å². The lowest BCUT2D eigenvalue weighted by Gasteiger charge is -2.15. The van der Waals surface area contributed by atoms with E-state index in [9.17, 15) is 24.3 Å². The zero-order valence-corrected chi connectivity index (χ0v) is 28.5. The lowest BCUT2D eigenvalue weighted by Crippen LogP contribution is -2.42. The first-order chi connectivity index (χ1) is 24.2. The molecule has 0 fully saturated rings. The Morgan fingerprint density at radius 1 is 0.660 bits per heavy atom. The van der Waals surface area contributed by atoms with Crippen LogP contribution in [0.3, 0.4) is 0 Å². The summed E-state index contributed by atoms with van der Waals surface area (Å²) in [5, 5.41) is 15.1. The first kappa shape index (κ1) is 37.2. The summed E-state index contributed by atoms with van der Waals surface area (Å²) >= 11 is 0. The van der Waals surface area contributed by atoms with Gasteiger partial charge in [-0.05, 0) is 97.3 Å². The molecule has 2 amide bonds. The highest BCUT2D eigenvalue weighted by atomic mass is 16.5. The van der Waals surface area contributed by atoms with Gasteiger partial charge in [-0.25, -0.2) is 9.59 Å². The summed E-state index contributed by atoms with van der Waals surface area (Å²) in [7, 11) is 0. The number of ether oxygens (including phenoxy) is 3. The van der Waals surface area contributed by atoms with Crippen molar-refractivity contribution in [3.05, 3.63) is 119 Å². The van der Waals surface area contributed by atoms with E-state index in [-0.39, 0.29) is 24.3 Å². The maximum Gasteiger partial charge on any atom is 0.343 e. The van der Waals surface area contributed by atoms with Gasteiger partial charge in [0.25, 0.3) is 5.91 Å². The van der Waals surface area contributed by atoms with E-state index in [1.807, 2.05) is 31.2 Å². The maximum absolute atomic E-state index is 12.9. The molecule has 0 aliphatic carbocycles. The van der Waals surface area contributed by atoms with Crippen molar-refractivity contribution in [2.45, 2.75) is 64.8 Å². The highest BCUT2D eigenvalue weighted by Gasteiger charge is 2.21. The second-order valence-electron chi connectivity index (χ2n) is 11.8. The SMILES string of the molecule is CCCCCCCOc1ccc(C(=O)Oc2ccc(CC(NC(=O)c3ccc(NC(=O)Cc4ccc(OCC)cc4)cc3)C(=O)O)cc2)cc1. The summed E-state index contributed by atoms with van der Waals surface area (Å²) in [6, 6.07) is 25.5. The highest BCUT2D eigenvalue weighted by molar-refractivity contribution is 5.98. The van der Waals surface area contributed by atoms with E-state index in [1.165, 1.54) is 31.4 Å². The molecule has 262 valence electrons. The molecule has 4 aromatic carbocycles. The number of carbonyl (C=O) groups is 4. The molecular weight excluding hydrogens is 636 g/mol. The molecule has 10 nitrogen and oxygen atoms in total. The number of carbonyl (C=O) groups excluding carboxylic acids is 3. The van der Waals surface area contributed by atoms with Gasteiger partial charge in [0.2, 0.25) is 5.91 Å². The van der Waals surface area contributed by atoms with Crippen LogP contribution in [0.2, 0.25) is 0 Å². The van der Waals surface area contributed by atoms with Crippen LogP contribution in [0.15, 0.2) is 97.1 Å². The third kappa shape index (κ3) is 12.1. The van der Waals surface area contributed by atoms with E-state index >= 15 is 0 Å². The fraction of sp³-hybridized carbons (Fsp3) is 0.300. The number of rotatable bonds is 19. The molecule has 4 aromatic rings. The van der Waals surface area contributed by atoms with Crippen molar-refractivity contribution in [2.75, 3.05) is 18.5 Å². The minimum atomic E-state index is -1.21. The summed E-state index contributed by atoms with van der Waals surface area (Å²) in [5.41, 5.74) is 2.57. The van der Waals surface area contributed by atoms with E-state index in [0.717, 1.165) is 24.2 Å². The molecule has 0 saturated heterocycles. The molecular formula is C40H44N2O8. The number of carboxylic acid groups (broad SMARTS) is 1. The Kier molecular flexibility index (Phi) is 14.4. The molecule has 1 atom stereocenters. The van der Waals surface area contributed by atoms with E-state index in [2.05, 4.69) is 17.6 Å². The third-order valence-corrected chi connectivity index (χ3v) is 7.81. The summed E-state index contributed by atoms with van der Waals surface area (Å²) in [6.07, 6.45) is 5.93. The van der Waals surface area contributed by atoms with Gasteiger partial charge in [-0.3, -0.25) is 9.59 Å². The molecule has 3 N–H and O–H groups in total. The highest BCUT2D eigenvalue weighted by Crippen LogP contribution is 2.19. The number of aliphatic carboxylic acids is 1. The fourth-order valence-corrected chi connectivity index (χ4v) is 5.09. The van der Waals surface area contributed by atoms with Gasteiger partial charge in [0.05, 0.1) is 25.2 Å². The van der Waals surface area contributed by atoms with Crippen molar-refractivity contribution >= 4 is 29.4 Å². The van der Waals surface area contributed by atoms with Gasteiger partial charge in [-0.2, -0.15) is 0 Å². The molecule has 1 unspecified atom stereocenters. The second kappa shape index (κ2) is 19.4. The Morgan fingerprint density at radius 2 is 1.24 bits per heavy atom. The number of benzene rings is 4. The lowest BCUT2D eigenvalue weighted by molar-refractivity contribution is -0.139. The largest absolute Gasteiger partial charge is 0.494 e. The molecule has 0 aliphatic rings. The average Bonchev–Trinajstić information content (AvgIpc) is 3.11. The monoisotopic (exact) mass is 680 g/mol. The van der Waals surface area contributed by atoms with E-state index in [4.69, 9.17) is 14.2 Å². The van der Waals surface area contributed by atoms with Crippen LogP contribution in [0.4, 0.5) is 5.69 Å². The normalized spacial score (nSPS) is 11.2. The van der Waals surface area contributed by atoms with Gasteiger partial charge >= 0.3 is 11.9 Å². The molecule has 4 rings (SSSR count). The van der Waals surface area contributed by atoms with E-state index in [1.54, 1.807) is 60.7 Å². The first-order valence-electron chi connectivity index (χ1n) is 16.9. The number of anilines is 1. The van der Waals surface area contributed by atoms with Crippen molar-refractivity contribution in [1.82, 2.24) is 5.32 Å². The van der Waals surface area contributed by atoms with Crippen molar-refractivity contribution < 1.29 is 38.5 Å². The van der Waals surface area contributed by atoms with Crippen LogP contribution >= 0.6 is 0 Å². The lowest BCUT2D eigenvalue weighted by atomic mass is 10.0. The van der Waals surface area contributed by atoms with Crippen molar-refractivity contribution in [3.63, 3.8) is 0 Å². The molecule has 0 aromatic heterocycles. The number of hydrogen-bond acceptors (Lipinski definition) is 7. The van der Waals surface area contributed by atoms with Crippen LogP contribution in [0.1, 0.15) is 77.8 Å². The maximum atomic E-state index is 12.9. The Bertz CT molecular complexity index is 1690. The summed E-state index contributed by atoms with van der Waals surface area (Å²) < 4.78 is 16.7. The standard InChI is InChI=1S/C40H44N2O8/c1-3-5-6-7-8-25-49-34-23-15-31(16-24-34)40(47)50-35-21-11-28(12-22-35)26-36(39(45)46)42-38(44)30-13-17-32(18-14-30)41-37(43)27-29-9-19-33(20-10-29)48-4-2/h9-24,36H,3-8,25-27H2,1-2H3,(H,41,43)(H,42,44)(H,45,46). The second-order valence-corrected chi connectivity index (χ2v) is 11.8. The zero-order chi connectivity index (χ0) is 35.7. The van der Waals surface area contributed by atoms with Crippen LogP contribution in [-0.4, -0.2) is 48.1 Å². The molecule has 0 aliphatic heterocycles. The Labute approximate surface area is 292 Å². The van der Waals surface area contributed by atoms with Crippen LogP contribution in [0.25, 0.3) is 0 Å². The van der Waals surface area contributed by atoms with E-state index < -0.39 is 23.9 Å². The van der Waals surface area contributed by atoms with Crippen LogP contribution in [-0.2, 0) is 22.4 Å². The minimum absolute atomic E-state index is 0.00898. The number of amides is 2. The van der Waals surface area contributed by atoms with Gasteiger partial charge in [-0.15, -0.1) is 0 Å². The number of nitrogens with one attached hydrogen (secondary N) is 2. The Balaban J connectivity index is 1.23. The third-order valence-electron chi connectivity index (χ3n) is 7.81. The molecule has 0 spiro atoms. The zero-order valence-electron chi connectivity index (χ0n) is 28.5. The van der Waals surface area contributed by atoms with Crippen LogP contribution in [0.5, 0.6) is 17.2 Å². The molecule has 0 bridgehead atoms. The van der Waals surface area contributed by atoms with Gasteiger partial charge in [0, 0.05) is 17.7 Å². The molecule has 0 radical (unpaired) electrons. The smallest absolute Gasteiger partial charge is 0.343 e. The number of carboxylic acids is 1. The van der Waals surface area contributed by atoms with Gasteiger partial charge in [-0.1, -0.05) is 56.9 Å². The summed E-state index contributed by atoms with van der Waals surface area (Å²) in [6.45, 7) is 5.28. The quantitative estimate of drug-likeness (QED) is 0.0534.